The molecule has 72 valence electrons. The molecule has 3 heteroatoms. The lowest BCUT2D eigenvalue weighted by atomic mass is 10.0. The van der Waals surface area contributed by atoms with E-state index in [0.717, 1.165) is 11.1 Å². The number of hydrogen-bond donors (Lipinski definition) is 2. The average Bonchev–Trinajstić information content (AvgIpc) is 2.08. The molecule has 0 fully saturated rings. The fourth-order valence-corrected chi connectivity index (χ4v) is 1.21. The molecule has 0 unspecified atom stereocenters. The number of anilines is 1. The summed E-state index contributed by atoms with van der Waals surface area (Å²) in [4.78, 5) is 10.5. The van der Waals surface area contributed by atoms with Crippen molar-refractivity contribution in [2.75, 3.05) is 5.73 Å². The van der Waals surface area contributed by atoms with Gasteiger partial charge in [-0.2, -0.15) is 0 Å². The third-order valence-corrected chi connectivity index (χ3v) is 1.85. The van der Waals surface area contributed by atoms with Gasteiger partial charge in [-0.25, -0.2) is 0 Å². The average molecular weight is 188 g/mol. The molecule has 1 aromatic rings. The van der Waals surface area contributed by atoms with Crippen molar-refractivity contribution in [2.24, 2.45) is 5.73 Å². The fraction of sp³-hybridized carbons (Fsp3) is 0.182. The van der Waals surface area contributed by atoms with Crippen LogP contribution in [-0.2, 0) is 4.79 Å². The largest absolute Gasteiger partial charge is 0.398 e. The van der Waals surface area contributed by atoms with Crippen molar-refractivity contribution in [3.8, 4) is 11.8 Å². The van der Waals surface area contributed by atoms with Crippen LogP contribution < -0.4 is 11.5 Å². The van der Waals surface area contributed by atoms with E-state index in [1.807, 2.05) is 26.0 Å². The number of amides is 1. The first-order valence-corrected chi connectivity index (χ1v) is 4.19. The summed E-state index contributed by atoms with van der Waals surface area (Å²) in [5, 5.41) is 0. The summed E-state index contributed by atoms with van der Waals surface area (Å²) in [6.45, 7) is 3.85. The highest BCUT2D eigenvalue weighted by Gasteiger charge is 2.00. The summed E-state index contributed by atoms with van der Waals surface area (Å²) in [5.74, 6) is 4.26. The number of hydrogen-bond acceptors (Lipinski definition) is 2. The van der Waals surface area contributed by atoms with Crippen molar-refractivity contribution in [3.63, 3.8) is 0 Å². The summed E-state index contributed by atoms with van der Waals surface area (Å²) < 4.78 is 0. The molecular weight excluding hydrogens is 176 g/mol. The summed E-state index contributed by atoms with van der Waals surface area (Å²) >= 11 is 0. The first-order valence-electron chi connectivity index (χ1n) is 4.19. The van der Waals surface area contributed by atoms with Crippen molar-refractivity contribution < 1.29 is 4.79 Å². The molecule has 0 radical (unpaired) electrons. The molecule has 0 atom stereocenters. The normalized spacial score (nSPS) is 9.00. The van der Waals surface area contributed by atoms with Crippen molar-refractivity contribution in [1.82, 2.24) is 0 Å². The van der Waals surface area contributed by atoms with Crippen LogP contribution in [0.25, 0.3) is 0 Å². The van der Waals surface area contributed by atoms with Crippen molar-refractivity contribution in [2.45, 2.75) is 13.8 Å². The van der Waals surface area contributed by atoms with Crippen LogP contribution in [0.2, 0.25) is 0 Å². The second-order valence-corrected chi connectivity index (χ2v) is 3.16. The molecule has 0 aliphatic heterocycles. The van der Waals surface area contributed by atoms with Crippen LogP contribution in [-0.4, -0.2) is 5.91 Å². The molecule has 0 saturated carbocycles. The zero-order valence-electron chi connectivity index (χ0n) is 8.22. The number of carbonyl (C=O) groups is 1. The molecule has 0 heterocycles. The van der Waals surface area contributed by atoms with Gasteiger partial charge in [-0.3, -0.25) is 4.79 Å². The molecule has 0 bridgehead atoms. The Bertz CT molecular complexity index is 439. The first kappa shape index (κ1) is 10.1. The van der Waals surface area contributed by atoms with E-state index in [1.165, 1.54) is 0 Å². The molecule has 14 heavy (non-hydrogen) atoms. The van der Waals surface area contributed by atoms with Gasteiger partial charge < -0.3 is 11.5 Å². The van der Waals surface area contributed by atoms with E-state index in [2.05, 4.69) is 11.8 Å². The number of aryl methyl sites for hydroxylation is 2. The molecule has 3 nitrogen and oxygen atoms in total. The standard InChI is InChI=1S/C11H12N2O/c1-7-5-8(2)11(13)9(6-7)3-4-10(12)14/h5-6H,13H2,1-2H3,(H2,12,14). The Balaban J connectivity index is 3.23. The second kappa shape index (κ2) is 3.84. The zero-order chi connectivity index (χ0) is 10.7. The first-order chi connectivity index (χ1) is 6.50. The van der Waals surface area contributed by atoms with Gasteiger partial charge >= 0.3 is 0 Å². The van der Waals surface area contributed by atoms with Crippen LogP contribution in [0.5, 0.6) is 0 Å². The maximum absolute atomic E-state index is 10.5. The predicted octanol–water partition coefficient (Wildman–Crippen LogP) is 0.722. The number of carbonyl (C=O) groups excluding carboxylic acids is 1. The van der Waals surface area contributed by atoms with Crippen LogP contribution in [0.3, 0.4) is 0 Å². The molecule has 4 N–H and O–H groups in total. The van der Waals surface area contributed by atoms with Crippen LogP contribution in [0.1, 0.15) is 16.7 Å². The zero-order valence-corrected chi connectivity index (χ0v) is 8.22. The van der Waals surface area contributed by atoms with Crippen LogP contribution in [0.4, 0.5) is 5.69 Å². The van der Waals surface area contributed by atoms with Gasteiger partial charge in [0.2, 0.25) is 0 Å². The topological polar surface area (TPSA) is 69.1 Å². The lowest BCUT2D eigenvalue weighted by Gasteiger charge is -2.04. The number of rotatable bonds is 0. The van der Waals surface area contributed by atoms with Gasteiger partial charge in [-0.1, -0.05) is 12.0 Å². The van der Waals surface area contributed by atoms with E-state index in [1.54, 1.807) is 0 Å². The maximum Gasteiger partial charge on any atom is 0.293 e. The summed E-state index contributed by atoms with van der Waals surface area (Å²) in [6.07, 6.45) is 0. The Morgan fingerprint density at radius 3 is 2.57 bits per heavy atom. The molecule has 1 aromatic carbocycles. The molecule has 0 aliphatic rings. The molecule has 0 aliphatic carbocycles. The van der Waals surface area contributed by atoms with Crippen LogP contribution in [0, 0.1) is 25.7 Å². The third kappa shape index (κ3) is 2.27. The molecule has 0 aromatic heterocycles. The smallest absolute Gasteiger partial charge is 0.293 e. The number of nitrogen functional groups attached to an aromatic ring is 1. The predicted molar refractivity (Wildman–Crippen MR) is 56.4 cm³/mol. The Hall–Kier alpha value is -1.95. The lowest BCUT2D eigenvalue weighted by molar-refractivity contribution is -0.112. The SMILES string of the molecule is Cc1cc(C)c(N)c(C#CC(N)=O)c1. The highest BCUT2D eigenvalue weighted by molar-refractivity contribution is 5.92. The molecular formula is C11H12N2O. The lowest BCUT2D eigenvalue weighted by Crippen LogP contribution is -2.06. The Morgan fingerprint density at radius 2 is 2.00 bits per heavy atom. The van der Waals surface area contributed by atoms with E-state index in [9.17, 15) is 4.79 Å². The van der Waals surface area contributed by atoms with Crippen molar-refractivity contribution in [1.29, 1.82) is 0 Å². The van der Waals surface area contributed by atoms with Gasteiger partial charge in [0, 0.05) is 11.5 Å². The van der Waals surface area contributed by atoms with Gasteiger partial charge in [0.15, 0.2) is 0 Å². The molecule has 1 rings (SSSR count). The van der Waals surface area contributed by atoms with Gasteiger partial charge in [-0.15, -0.1) is 0 Å². The number of benzene rings is 1. The number of nitrogens with two attached hydrogens (primary N) is 2. The third-order valence-electron chi connectivity index (χ3n) is 1.85. The number of primary amides is 1. The summed E-state index contributed by atoms with van der Waals surface area (Å²) in [7, 11) is 0. The van der Waals surface area contributed by atoms with Gasteiger partial charge in [0.05, 0.1) is 5.69 Å². The van der Waals surface area contributed by atoms with Crippen molar-refractivity contribution >= 4 is 11.6 Å². The van der Waals surface area contributed by atoms with E-state index in [-0.39, 0.29) is 0 Å². The van der Waals surface area contributed by atoms with Gasteiger partial charge in [-0.05, 0) is 31.0 Å². The van der Waals surface area contributed by atoms with E-state index in [0.29, 0.717) is 11.3 Å². The van der Waals surface area contributed by atoms with Gasteiger partial charge in [0.1, 0.15) is 0 Å². The van der Waals surface area contributed by atoms with E-state index < -0.39 is 5.91 Å². The second-order valence-electron chi connectivity index (χ2n) is 3.16. The maximum atomic E-state index is 10.5. The minimum atomic E-state index is -0.649. The summed E-state index contributed by atoms with van der Waals surface area (Å²) in [6, 6.07) is 3.79. The van der Waals surface area contributed by atoms with Crippen molar-refractivity contribution in [3.05, 3.63) is 28.8 Å². The molecule has 0 spiro atoms. The van der Waals surface area contributed by atoms with Crippen LogP contribution in [0.15, 0.2) is 12.1 Å². The minimum Gasteiger partial charge on any atom is -0.398 e. The van der Waals surface area contributed by atoms with E-state index >= 15 is 0 Å². The molecule has 0 saturated heterocycles. The Kier molecular flexibility index (Phi) is 2.78. The molecule has 1 amide bonds. The van der Waals surface area contributed by atoms with Gasteiger partial charge in [0.25, 0.3) is 5.91 Å². The van der Waals surface area contributed by atoms with E-state index in [4.69, 9.17) is 11.5 Å². The highest BCUT2D eigenvalue weighted by Crippen LogP contribution is 2.17. The quantitative estimate of drug-likeness (QED) is 0.465. The Labute approximate surface area is 83.1 Å². The summed E-state index contributed by atoms with van der Waals surface area (Å²) in [5.41, 5.74) is 14.0. The fourth-order valence-electron chi connectivity index (χ4n) is 1.21. The Morgan fingerprint density at radius 1 is 1.36 bits per heavy atom. The van der Waals surface area contributed by atoms with Crippen LogP contribution >= 0.6 is 0 Å². The monoisotopic (exact) mass is 188 g/mol. The minimum absolute atomic E-state index is 0.601. The highest BCUT2D eigenvalue weighted by atomic mass is 16.1.